The topological polar surface area (TPSA) is 54.4 Å². The lowest BCUT2D eigenvalue weighted by Crippen LogP contribution is -2.10. The smallest absolute Gasteiger partial charge is 0.176 e. The second kappa shape index (κ2) is 4.51. The Balaban J connectivity index is 4.12. The molecule has 0 spiro atoms. The summed E-state index contributed by atoms with van der Waals surface area (Å²) < 4.78 is 22.1. The highest BCUT2D eigenvalue weighted by atomic mass is 32.2. The van der Waals surface area contributed by atoms with Crippen LogP contribution in [-0.2, 0) is 9.84 Å². The average molecular weight is 178 g/mol. The van der Waals surface area contributed by atoms with Crippen molar-refractivity contribution in [1.29, 1.82) is 0 Å². The fourth-order valence-electron chi connectivity index (χ4n) is 0.577. The molecule has 0 unspecified atom stereocenters. The minimum absolute atomic E-state index is 0.0778. The van der Waals surface area contributed by atoms with E-state index in [1.165, 1.54) is 0 Å². The molecule has 0 saturated heterocycles. The van der Waals surface area contributed by atoms with E-state index in [0.717, 1.165) is 6.42 Å². The number of aliphatic hydroxyl groups is 1. The average Bonchev–Trinajstić information content (AvgIpc) is 1.99. The predicted molar refractivity (Wildman–Crippen MR) is 44.9 cm³/mol. The Morgan fingerprint density at radius 2 is 2.09 bits per heavy atom. The van der Waals surface area contributed by atoms with Gasteiger partial charge in [0.05, 0.1) is 17.3 Å². The van der Waals surface area contributed by atoms with Crippen molar-refractivity contribution in [1.82, 2.24) is 0 Å². The third-order valence-corrected chi connectivity index (χ3v) is 3.22. The minimum atomic E-state index is -3.22. The van der Waals surface area contributed by atoms with Crippen molar-refractivity contribution in [3.8, 4) is 0 Å². The van der Waals surface area contributed by atoms with E-state index in [2.05, 4.69) is 6.58 Å². The lowest BCUT2D eigenvalue weighted by atomic mass is 10.4. The zero-order valence-electron chi connectivity index (χ0n) is 6.71. The summed E-state index contributed by atoms with van der Waals surface area (Å²) >= 11 is 0. The van der Waals surface area contributed by atoms with E-state index in [1.54, 1.807) is 0 Å². The first kappa shape index (κ1) is 10.7. The first-order chi connectivity index (χ1) is 5.04. The highest BCUT2D eigenvalue weighted by Gasteiger charge is 2.12. The normalized spacial score (nSPS) is 11.5. The van der Waals surface area contributed by atoms with Gasteiger partial charge in [-0.2, -0.15) is 0 Å². The largest absolute Gasteiger partial charge is 0.391 e. The maximum atomic E-state index is 11.1. The van der Waals surface area contributed by atoms with Crippen molar-refractivity contribution in [2.75, 3.05) is 12.4 Å². The van der Waals surface area contributed by atoms with Gasteiger partial charge in [-0.05, 0) is 6.42 Å². The van der Waals surface area contributed by atoms with Crippen molar-refractivity contribution in [2.24, 2.45) is 0 Å². The first-order valence-electron chi connectivity index (χ1n) is 3.56. The first-order valence-corrected chi connectivity index (χ1v) is 5.21. The number of hydrogen-bond donors (Lipinski definition) is 1. The van der Waals surface area contributed by atoms with Crippen molar-refractivity contribution >= 4 is 9.84 Å². The zero-order valence-corrected chi connectivity index (χ0v) is 7.52. The molecule has 0 aliphatic rings. The van der Waals surface area contributed by atoms with E-state index in [0.29, 0.717) is 6.42 Å². The lowest BCUT2D eigenvalue weighted by Gasteiger charge is -2.02. The number of sulfone groups is 1. The van der Waals surface area contributed by atoms with E-state index in [4.69, 9.17) is 5.11 Å². The Hall–Kier alpha value is -0.350. The van der Waals surface area contributed by atoms with Crippen LogP contribution < -0.4 is 0 Å². The summed E-state index contributed by atoms with van der Waals surface area (Å²) in [4.78, 5) is -0.0778. The molecule has 66 valence electrons. The maximum absolute atomic E-state index is 11.1. The fourth-order valence-corrected chi connectivity index (χ4v) is 1.73. The van der Waals surface area contributed by atoms with E-state index < -0.39 is 16.4 Å². The van der Waals surface area contributed by atoms with Gasteiger partial charge in [-0.15, -0.1) is 0 Å². The van der Waals surface area contributed by atoms with Crippen LogP contribution in [0.5, 0.6) is 0 Å². The molecule has 0 radical (unpaired) electrons. The molecule has 0 fully saturated rings. The monoisotopic (exact) mass is 178 g/mol. The number of aliphatic hydroxyl groups excluding tert-OH is 1. The quantitative estimate of drug-likeness (QED) is 0.674. The summed E-state index contributed by atoms with van der Waals surface area (Å²) in [6.07, 6.45) is 1.46. The Morgan fingerprint density at radius 1 is 1.55 bits per heavy atom. The van der Waals surface area contributed by atoms with Crippen LogP contribution in [0.25, 0.3) is 0 Å². The second-order valence-corrected chi connectivity index (χ2v) is 4.58. The standard InChI is InChI=1S/C7H14O3S/c1-3-4-5-11(9,10)7(2)6-8/h8H,2-6H2,1H3. The van der Waals surface area contributed by atoms with Gasteiger partial charge >= 0.3 is 0 Å². The molecular weight excluding hydrogens is 164 g/mol. The highest BCUT2D eigenvalue weighted by molar-refractivity contribution is 7.95. The van der Waals surface area contributed by atoms with E-state index in [-0.39, 0.29) is 10.7 Å². The van der Waals surface area contributed by atoms with Crippen LogP contribution in [0.4, 0.5) is 0 Å². The summed E-state index contributed by atoms with van der Waals surface area (Å²) in [5.74, 6) is 0.100. The molecule has 0 aromatic carbocycles. The van der Waals surface area contributed by atoms with Gasteiger partial charge in [0, 0.05) is 0 Å². The van der Waals surface area contributed by atoms with Crippen LogP contribution in [-0.4, -0.2) is 25.9 Å². The molecule has 0 aromatic heterocycles. The van der Waals surface area contributed by atoms with Crippen LogP contribution in [0, 0.1) is 0 Å². The van der Waals surface area contributed by atoms with Crippen LogP contribution in [0.3, 0.4) is 0 Å². The molecule has 0 bridgehead atoms. The van der Waals surface area contributed by atoms with Crippen LogP contribution >= 0.6 is 0 Å². The lowest BCUT2D eigenvalue weighted by molar-refractivity contribution is 0.338. The van der Waals surface area contributed by atoms with Gasteiger partial charge in [0.15, 0.2) is 9.84 Å². The molecule has 0 aliphatic carbocycles. The SMILES string of the molecule is C=C(CO)S(=O)(=O)CCCC. The third-order valence-electron chi connectivity index (χ3n) is 1.38. The predicted octanol–water partition coefficient (Wildman–Crippen LogP) is 0.707. The third kappa shape index (κ3) is 3.53. The summed E-state index contributed by atoms with van der Waals surface area (Å²) in [5, 5.41) is 8.49. The Morgan fingerprint density at radius 3 is 2.45 bits per heavy atom. The van der Waals surface area contributed by atoms with Crippen LogP contribution in [0.1, 0.15) is 19.8 Å². The van der Waals surface area contributed by atoms with Crippen molar-refractivity contribution < 1.29 is 13.5 Å². The van der Waals surface area contributed by atoms with Crippen molar-refractivity contribution in [3.05, 3.63) is 11.5 Å². The number of rotatable bonds is 5. The highest BCUT2D eigenvalue weighted by Crippen LogP contribution is 2.06. The van der Waals surface area contributed by atoms with Gasteiger partial charge in [-0.1, -0.05) is 19.9 Å². The fraction of sp³-hybridized carbons (Fsp3) is 0.714. The van der Waals surface area contributed by atoms with E-state index >= 15 is 0 Å². The van der Waals surface area contributed by atoms with Gasteiger partial charge in [-0.3, -0.25) is 0 Å². The molecule has 0 rings (SSSR count). The molecule has 0 amide bonds. The summed E-state index contributed by atoms with van der Waals surface area (Å²) in [6.45, 7) is 4.71. The molecule has 0 atom stereocenters. The molecule has 0 aromatic rings. The van der Waals surface area contributed by atoms with Gasteiger partial charge < -0.3 is 5.11 Å². The van der Waals surface area contributed by atoms with E-state index in [9.17, 15) is 8.42 Å². The summed E-state index contributed by atoms with van der Waals surface area (Å²) in [7, 11) is -3.22. The molecular formula is C7H14O3S. The van der Waals surface area contributed by atoms with Gasteiger partial charge in [-0.25, -0.2) is 8.42 Å². The van der Waals surface area contributed by atoms with Crippen molar-refractivity contribution in [2.45, 2.75) is 19.8 Å². The maximum Gasteiger partial charge on any atom is 0.176 e. The van der Waals surface area contributed by atoms with Gasteiger partial charge in [0.1, 0.15) is 0 Å². The summed E-state index contributed by atoms with van der Waals surface area (Å²) in [5.41, 5.74) is 0. The number of hydrogen-bond acceptors (Lipinski definition) is 3. The summed E-state index contributed by atoms with van der Waals surface area (Å²) in [6, 6.07) is 0. The molecule has 0 heterocycles. The van der Waals surface area contributed by atoms with E-state index in [1.807, 2.05) is 6.92 Å². The molecule has 0 saturated carbocycles. The molecule has 1 N–H and O–H groups in total. The van der Waals surface area contributed by atoms with Crippen LogP contribution in [0.2, 0.25) is 0 Å². The van der Waals surface area contributed by atoms with Gasteiger partial charge in [0.2, 0.25) is 0 Å². The second-order valence-electron chi connectivity index (χ2n) is 2.37. The molecule has 3 nitrogen and oxygen atoms in total. The Bertz CT molecular complexity index is 216. The number of unbranched alkanes of at least 4 members (excludes halogenated alkanes) is 1. The van der Waals surface area contributed by atoms with Gasteiger partial charge in [0.25, 0.3) is 0 Å². The zero-order chi connectivity index (χ0) is 8.91. The molecule has 11 heavy (non-hydrogen) atoms. The van der Waals surface area contributed by atoms with Crippen LogP contribution in [0.15, 0.2) is 11.5 Å². The molecule has 4 heteroatoms. The Labute approximate surface area is 67.7 Å². The minimum Gasteiger partial charge on any atom is -0.391 e. The van der Waals surface area contributed by atoms with Crippen molar-refractivity contribution in [3.63, 3.8) is 0 Å². The Kier molecular flexibility index (Phi) is 4.37. The molecule has 0 aliphatic heterocycles.